The number of sulfonamides is 1. The predicted molar refractivity (Wildman–Crippen MR) is 67.0 cm³/mol. The number of hydrogen-bond acceptors (Lipinski definition) is 4. The van der Waals surface area contributed by atoms with Crippen molar-refractivity contribution in [1.82, 2.24) is 19.8 Å². The first-order valence-corrected chi connectivity index (χ1v) is 7.24. The number of nitrogens with one attached hydrogen (secondary N) is 2. The Kier molecular flexibility index (Phi) is 4.29. The molecule has 1 aromatic heterocycles. The smallest absolute Gasteiger partial charge is 0.209 e. The zero-order chi connectivity index (χ0) is 13.1. The van der Waals surface area contributed by atoms with E-state index < -0.39 is 15.6 Å². The van der Waals surface area contributed by atoms with Gasteiger partial charge in [-0.15, -0.1) is 0 Å². The van der Waals surface area contributed by atoms with Crippen LogP contribution in [-0.4, -0.2) is 36.5 Å². The van der Waals surface area contributed by atoms with Crippen molar-refractivity contribution in [3.05, 3.63) is 18.0 Å². The molecule has 7 heteroatoms. The van der Waals surface area contributed by atoms with Crippen LogP contribution in [0.3, 0.4) is 0 Å². The molecule has 17 heavy (non-hydrogen) atoms. The summed E-state index contributed by atoms with van der Waals surface area (Å²) in [6.07, 6.45) is 4.86. The summed E-state index contributed by atoms with van der Waals surface area (Å²) >= 11 is 0. The molecule has 1 rings (SSSR count). The van der Waals surface area contributed by atoms with Gasteiger partial charge in [-0.1, -0.05) is 0 Å². The van der Waals surface area contributed by atoms with Gasteiger partial charge in [0.15, 0.2) is 0 Å². The van der Waals surface area contributed by atoms with Gasteiger partial charge in [0.05, 0.1) is 12.5 Å². The lowest BCUT2D eigenvalue weighted by molar-refractivity contribution is 0.421. The van der Waals surface area contributed by atoms with Crippen LogP contribution in [0.15, 0.2) is 12.4 Å². The lowest BCUT2D eigenvalue weighted by Crippen LogP contribution is -2.49. The first-order valence-electron chi connectivity index (χ1n) is 5.35. The SMILES string of the molecule is Cn1cc(CNCC(C)(C)NS(C)(=O)=O)cn1. The average Bonchev–Trinajstić information content (AvgIpc) is 2.46. The minimum Gasteiger partial charge on any atom is -0.311 e. The Balaban J connectivity index is 2.40. The third-order valence-electron chi connectivity index (χ3n) is 2.12. The molecule has 98 valence electrons. The van der Waals surface area contributed by atoms with Crippen LogP contribution in [-0.2, 0) is 23.6 Å². The molecule has 1 heterocycles. The summed E-state index contributed by atoms with van der Waals surface area (Å²) in [5.41, 5.74) is 0.568. The van der Waals surface area contributed by atoms with E-state index in [4.69, 9.17) is 0 Å². The zero-order valence-electron chi connectivity index (χ0n) is 10.7. The lowest BCUT2D eigenvalue weighted by Gasteiger charge is -2.25. The molecule has 0 saturated heterocycles. The normalized spacial score (nSPS) is 12.9. The Labute approximate surface area is 102 Å². The summed E-state index contributed by atoms with van der Waals surface area (Å²) < 4.78 is 26.6. The van der Waals surface area contributed by atoms with Crippen LogP contribution in [0.25, 0.3) is 0 Å². The van der Waals surface area contributed by atoms with Crippen LogP contribution >= 0.6 is 0 Å². The summed E-state index contributed by atoms with van der Waals surface area (Å²) in [6.45, 7) is 4.90. The minimum atomic E-state index is -3.18. The van der Waals surface area contributed by atoms with Gasteiger partial charge in [0.2, 0.25) is 10.0 Å². The van der Waals surface area contributed by atoms with Crippen molar-refractivity contribution < 1.29 is 8.42 Å². The van der Waals surface area contributed by atoms with Gasteiger partial charge >= 0.3 is 0 Å². The molecule has 0 radical (unpaired) electrons. The Morgan fingerprint density at radius 3 is 2.59 bits per heavy atom. The highest BCUT2D eigenvalue weighted by atomic mass is 32.2. The van der Waals surface area contributed by atoms with Crippen LogP contribution in [0, 0.1) is 0 Å². The second-order valence-corrected chi connectivity index (χ2v) is 6.63. The molecule has 0 aliphatic carbocycles. The van der Waals surface area contributed by atoms with Crippen LogP contribution in [0.5, 0.6) is 0 Å². The van der Waals surface area contributed by atoms with Crippen molar-refractivity contribution in [2.45, 2.75) is 25.9 Å². The molecular formula is C10H20N4O2S. The molecule has 0 fully saturated rings. The molecule has 0 unspecified atom stereocenters. The fourth-order valence-electron chi connectivity index (χ4n) is 1.62. The fourth-order valence-corrected chi connectivity index (χ4v) is 2.70. The molecule has 0 aliphatic rings. The number of rotatable bonds is 6. The van der Waals surface area contributed by atoms with E-state index in [-0.39, 0.29) is 0 Å². The Morgan fingerprint density at radius 1 is 1.47 bits per heavy atom. The van der Waals surface area contributed by atoms with Gasteiger partial charge in [0, 0.05) is 37.4 Å². The van der Waals surface area contributed by atoms with Gasteiger partial charge in [-0.25, -0.2) is 13.1 Å². The van der Waals surface area contributed by atoms with Gasteiger partial charge < -0.3 is 5.32 Å². The highest BCUT2D eigenvalue weighted by molar-refractivity contribution is 7.88. The summed E-state index contributed by atoms with van der Waals surface area (Å²) in [4.78, 5) is 0. The van der Waals surface area contributed by atoms with Crippen molar-refractivity contribution in [2.24, 2.45) is 7.05 Å². The number of nitrogens with zero attached hydrogens (tertiary/aromatic N) is 2. The van der Waals surface area contributed by atoms with Crippen LogP contribution in [0.2, 0.25) is 0 Å². The van der Waals surface area contributed by atoms with E-state index in [9.17, 15) is 8.42 Å². The molecule has 0 saturated carbocycles. The van der Waals surface area contributed by atoms with Gasteiger partial charge in [-0.3, -0.25) is 4.68 Å². The first kappa shape index (κ1) is 14.1. The number of aromatic nitrogens is 2. The molecular weight excluding hydrogens is 240 g/mol. The molecule has 1 aromatic rings. The van der Waals surface area contributed by atoms with Crippen molar-refractivity contribution in [2.75, 3.05) is 12.8 Å². The van der Waals surface area contributed by atoms with Gasteiger partial charge in [0.1, 0.15) is 0 Å². The van der Waals surface area contributed by atoms with Gasteiger partial charge in [0.25, 0.3) is 0 Å². The number of hydrogen-bond donors (Lipinski definition) is 2. The summed E-state index contributed by atoms with van der Waals surface area (Å²) in [7, 11) is -1.32. The van der Waals surface area contributed by atoms with Crippen molar-refractivity contribution in [3.8, 4) is 0 Å². The van der Waals surface area contributed by atoms with E-state index in [1.165, 1.54) is 0 Å². The third kappa shape index (κ3) is 5.81. The van der Waals surface area contributed by atoms with Crippen LogP contribution in [0.1, 0.15) is 19.4 Å². The Bertz CT molecular complexity index is 464. The molecule has 0 spiro atoms. The highest BCUT2D eigenvalue weighted by Crippen LogP contribution is 2.03. The van der Waals surface area contributed by atoms with E-state index in [0.29, 0.717) is 13.1 Å². The quantitative estimate of drug-likeness (QED) is 0.745. The van der Waals surface area contributed by atoms with Gasteiger partial charge in [-0.05, 0) is 13.8 Å². The van der Waals surface area contributed by atoms with Crippen LogP contribution in [0.4, 0.5) is 0 Å². The van der Waals surface area contributed by atoms with E-state index in [1.54, 1.807) is 10.9 Å². The van der Waals surface area contributed by atoms with E-state index in [1.807, 2.05) is 27.1 Å². The highest BCUT2D eigenvalue weighted by Gasteiger charge is 2.21. The maximum absolute atomic E-state index is 11.1. The predicted octanol–water partition coefficient (Wildman–Crippen LogP) is -0.162. The zero-order valence-corrected chi connectivity index (χ0v) is 11.5. The largest absolute Gasteiger partial charge is 0.311 e. The lowest BCUT2D eigenvalue weighted by atomic mass is 10.1. The van der Waals surface area contributed by atoms with Crippen LogP contribution < -0.4 is 10.0 Å². The van der Waals surface area contributed by atoms with E-state index >= 15 is 0 Å². The number of aryl methyl sites for hydroxylation is 1. The van der Waals surface area contributed by atoms with E-state index in [0.717, 1.165) is 11.8 Å². The summed E-state index contributed by atoms with van der Waals surface area (Å²) in [5.74, 6) is 0. The average molecular weight is 260 g/mol. The van der Waals surface area contributed by atoms with Gasteiger partial charge in [-0.2, -0.15) is 5.10 Å². The summed E-state index contributed by atoms with van der Waals surface area (Å²) in [5, 5.41) is 7.25. The molecule has 6 nitrogen and oxygen atoms in total. The molecule has 0 bridgehead atoms. The third-order valence-corrected chi connectivity index (χ3v) is 3.04. The Morgan fingerprint density at radius 2 is 2.12 bits per heavy atom. The minimum absolute atomic E-state index is 0.504. The van der Waals surface area contributed by atoms with Crippen molar-refractivity contribution in [1.29, 1.82) is 0 Å². The molecule has 0 atom stereocenters. The van der Waals surface area contributed by atoms with Crippen molar-refractivity contribution in [3.63, 3.8) is 0 Å². The monoisotopic (exact) mass is 260 g/mol. The second kappa shape index (κ2) is 5.16. The fraction of sp³-hybridized carbons (Fsp3) is 0.700. The second-order valence-electron chi connectivity index (χ2n) is 4.88. The topological polar surface area (TPSA) is 76.0 Å². The maximum Gasteiger partial charge on any atom is 0.209 e. The van der Waals surface area contributed by atoms with E-state index in [2.05, 4.69) is 15.1 Å². The Hall–Kier alpha value is -0.920. The molecule has 0 aliphatic heterocycles. The first-order chi connectivity index (χ1) is 7.68. The molecule has 0 aromatic carbocycles. The standard InChI is InChI=1S/C10H20N4O2S/c1-10(2,13-17(4,15)16)8-11-5-9-6-12-14(3)7-9/h6-7,11,13H,5,8H2,1-4H3. The molecule has 2 N–H and O–H groups in total. The molecule has 0 amide bonds. The van der Waals surface area contributed by atoms with Crippen molar-refractivity contribution >= 4 is 10.0 Å². The maximum atomic E-state index is 11.1. The summed E-state index contributed by atoms with van der Waals surface area (Å²) in [6, 6.07) is 0.